The minimum absolute atomic E-state index is 0.0370. The lowest BCUT2D eigenvalue weighted by atomic mass is 10.1. The van der Waals surface area contributed by atoms with Crippen LogP contribution in [0.15, 0.2) is 0 Å². The highest BCUT2D eigenvalue weighted by molar-refractivity contribution is 8.00. The van der Waals surface area contributed by atoms with Gasteiger partial charge in [-0.2, -0.15) is 11.8 Å². The van der Waals surface area contributed by atoms with Crippen molar-refractivity contribution in [2.45, 2.75) is 38.0 Å². The molecular weight excluding hydrogens is 186 g/mol. The molecule has 1 heterocycles. The van der Waals surface area contributed by atoms with E-state index in [-0.39, 0.29) is 22.6 Å². The number of hydrogen-bond donors (Lipinski definition) is 0. The van der Waals surface area contributed by atoms with Crippen molar-refractivity contribution in [1.29, 1.82) is 0 Å². The molecular formula is C9H15NO2S. The van der Waals surface area contributed by atoms with Gasteiger partial charge >= 0.3 is 0 Å². The van der Waals surface area contributed by atoms with E-state index in [0.717, 1.165) is 0 Å². The van der Waals surface area contributed by atoms with Crippen molar-refractivity contribution in [3.05, 3.63) is 0 Å². The molecule has 0 aliphatic carbocycles. The molecule has 0 saturated carbocycles. The van der Waals surface area contributed by atoms with Crippen molar-refractivity contribution in [3.8, 4) is 0 Å². The van der Waals surface area contributed by atoms with Crippen LogP contribution >= 0.6 is 11.8 Å². The maximum atomic E-state index is 11.7. The Labute approximate surface area is 82.9 Å². The first-order chi connectivity index (χ1) is 5.88. The van der Waals surface area contributed by atoms with Crippen molar-refractivity contribution in [2.75, 3.05) is 6.26 Å². The second-order valence-corrected chi connectivity index (χ2v) is 5.21. The van der Waals surface area contributed by atoms with E-state index in [1.54, 1.807) is 0 Å². The number of carbonyl (C=O) groups is 2. The Kier molecular flexibility index (Phi) is 2.71. The molecule has 0 aromatic carbocycles. The summed E-state index contributed by atoms with van der Waals surface area (Å²) < 4.78 is 0. The average molecular weight is 201 g/mol. The Morgan fingerprint density at radius 2 is 1.92 bits per heavy atom. The number of rotatable bonds is 1. The Balaban J connectivity index is 2.89. The number of imide groups is 1. The third-order valence-corrected chi connectivity index (χ3v) is 3.00. The fourth-order valence-electron chi connectivity index (χ4n) is 1.49. The fourth-order valence-corrected chi connectivity index (χ4v) is 2.11. The first-order valence-corrected chi connectivity index (χ1v) is 5.56. The largest absolute Gasteiger partial charge is 0.276 e. The second-order valence-electron chi connectivity index (χ2n) is 4.17. The SMILES string of the molecule is CSC1CC(=O)N(C(C)(C)C)C1=O. The molecule has 1 unspecified atom stereocenters. The molecule has 3 nitrogen and oxygen atoms in total. The highest BCUT2D eigenvalue weighted by Crippen LogP contribution is 2.28. The molecule has 0 aromatic rings. The van der Waals surface area contributed by atoms with Gasteiger partial charge in [-0.05, 0) is 27.0 Å². The van der Waals surface area contributed by atoms with Gasteiger partial charge in [0.05, 0.1) is 5.25 Å². The third kappa shape index (κ3) is 1.88. The van der Waals surface area contributed by atoms with E-state index in [9.17, 15) is 9.59 Å². The number of nitrogens with zero attached hydrogens (tertiary/aromatic N) is 1. The highest BCUT2D eigenvalue weighted by atomic mass is 32.2. The minimum atomic E-state index is -0.376. The predicted octanol–water partition coefficient (Wildman–Crippen LogP) is 1.28. The zero-order valence-corrected chi connectivity index (χ0v) is 9.27. The van der Waals surface area contributed by atoms with E-state index in [0.29, 0.717) is 6.42 Å². The van der Waals surface area contributed by atoms with Crippen LogP contribution in [0.2, 0.25) is 0 Å². The molecule has 1 aliphatic heterocycles. The minimum Gasteiger partial charge on any atom is -0.276 e. The van der Waals surface area contributed by atoms with Gasteiger partial charge in [0.1, 0.15) is 0 Å². The first-order valence-electron chi connectivity index (χ1n) is 4.27. The van der Waals surface area contributed by atoms with Crippen LogP contribution in [-0.2, 0) is 9.59 Å². The lowest BCUT2D eigenvalue weighted by molar-refractivity contribution is -0.143. The average Bonchev–Trinajstić information content (AvgIpc) is 2.24. The van der Waals surface area contributed by atoms with Gasteiger partial charge in [0.25, 0.3) is 0 Å². The molecule has 74 valence electrons. The van der Waals surface area contributed by atoms with Gasteiger partial charge in [0, 0.05) is 12.0 Å². The topological polar surface area (TPSA) is 37.4 Å². The predicted molar refractivity (Wildman–Crippen MR) is 53.5 cm³/mol. The zero-order valence-electron chi connectivity index (χ0n) is 8.46. The van der Waals surface area contributed by atoms with E-state index in [4.69, 9.17) is 0 Å². The van der Waals surface area contributed by atoms with Gasteiger partial charge in [-0.1, -0.05) is 0 Å². The molecule has 0 N–H and O–H groups in total. The molecule has 1 rings (SSSR count). The summed E-state index contributed by atoms with van der Waals surface area (Å²) in [5.41, 5.74) is -0.376. The van der Waals surface area contributed by atoms with E-state index >= 15 is 0 Å². The molecule has 4 heteroatoms. The Morgan fingerprint density at radius 1 is 1.38 bits per heavy atom. The van der Waals surface area contributed by atoms with E-state index < -0.39 is 0 Å². The van der Waals surface area contributed by atoms with Crippen LogP contribution in [0, 0.1) is 0 Å². The van der Waals surface area contributed by atoms with Crippen LogP contribution in [0.3, 0.4) is 0 Å². The summed E-state index contributed by atoms with van der Waals surface area (Å²) in [4.78, 5) is 24.6. The summed E-state index contributed by atoms with van der Waals surface area (Å²) in [5.74, 6) is -0.0816. The maximum Gasteiger partial charge on any atom is 0.243 e. The monoisotopic (exact) mass is 201 g/mol. The number of hydrogen-bond acceptors (Lipinski definition) is 3. The van der Waals surface area contributed by atoms with Crippen LogP contribution in [0.25, 0.3) is 0 Å². The van der Waals surface area contributed by atoms with Crippen LogP contribution < -0.4 is 0 Å². The third-order valence-electron chi connectivity index (χ3n) is 2.06. The smallest absolute Gasteiger partial charge is 0.243 e. The molecule has 1 fully saturated rings. The second kappa shape index (κ2) is 3.33. The molecule has 0 radical (unpaired) electrons. The molecule has 1 atom stereocenters. The van der Waals surface area contributed by atoms with Crippen molar-refractivity contribution >= 4 is 23.6 Å². The van der Waals surface area contributed by atoms with Crippen molar-refractivity contribution in [2.24, 2.45) is 0 Å². The molecule has 2 amide bonds. The lowest BCUT2D eigenvalue weighted by Crippen LogP contribution is -2.45. The van der Waals surface area contributed by atoms with Crippen LogP contribution in [0.1, 0.15) is 27.2 Å². The molecule has 0 spiro atoms. The molecule has 0 bridgehead atoms. The number of amides is 2. The molecule has 1 saturated heterocycles. The molecule has 1 aliphatic rings. The highest BCUT2D eigenvalue weighted by Gasteiger charge is 2.43. The van der Waals surface area contributed by atoms with E-state index in [1.807, 2.05) is 27.0 Å². The van der Waals surface area contributed by atoms with Crippen LogP contribution in [0.4, 0.5) is 0 Å². The Bertz CT molecular complexity index is 244. The summed E-state index contributed by atoms with van der Waals surface area (Å²) in [6.45, 7) is 5.64. The van der Waals surface area contributed by atoms with Crippen LogP contribution in [-0.4, -0.2) is 33.8 Å². The van der Waals surface area contributed by atoms with E-state index in [1.165, 1.54) is 16.7 Å². The quantitative estimate of drug-likeness (QED) is 0.600. The number of likely N-dealkylation sites (tertiary alicyclic amines) is 1. The maximum absolute atomic E-state index is 11.7. The van der Waals surface area contributed by atoms with Gasteiger partial charge < -0.3 is 0 Å². The Hall–Kier alpha value is -0.510. The van der Waals surface area contributed by atoms with Crippen molar-refractivity contribution < 1.29 is 9.59 Å². The summed E-state index contributed by atoms with van der Waals surface area (Å²) in [5, 5.41) is -0.160. The van der Waals surface area contributed by atoms with Crippen LogP contribution in [0.5, 0.6) is 0 Å². The van der Waals surface area contributed by atoms with Gasteiger partial charge in [0.2, 0.25) is 11.8 Å². The summed E-state index contributed by atoms with van der Waals surface area (Å²) in [7, 11) is 0. The number of carbonyl (C=O) groups excluding carboxylic acids is 2. The Morgan fingerprint density at radius 3 is 2.15 bits per heavy atom. The normalized spacial score (nSPS) is 24.3. The summed E-state index contributed by atoms with van der Waals surface area (Å²) in [6.07, 6.45) is 2.22. The van der Waals surface area contributed by atoms with Gasteiger partial charge in [-0.25, -0.2) is 0 Å². The fraction of sp³-hybridized carbons (Fsp3) is 0.778. The van der Waals surface area contributed by atoms with Gasteiger partial charge in [0.15, 0.2) is 0 Å². The standard InChI is InChI=1S/C9H15NO2S/c1-9(2,3)10-7(11)5-6(13-4)8(10)12/h6H,5H2,1-4H3. The number of thioether (sulfide) groups is 1. The van der Waals surface area contributed by atoms with Crippen molar-refractivity contribution in [1.82, 2.24) is 4.90 Å². The first kappa shape index (κ1) is 10.6. The van der Waals surface area contributed by atoms with Gasteiger partial charge in [-0.3, -0.25) is 14.5 Å². The van der Waals surface area contributed by atoms with Gasteiger partial charge in [-0.15, -0.1) is 0 Å². The van der Waals surface area contributed by atoms with Crippen molar-refractivity contribution in [3.63, 3.8) is 0 Å². The molecule has 0 aromatic heterocycles. The lowest BCUT2D eigenvalue weighted by Gasteiger charge is -2.29. The summed E-state index contributed by atoms with van der Waals surface area (Å²) >= 11 is 1.45. The van der Waals surface area contributed by atoms with E-state index in [2.05, 4.69) is 0 Å². The molecule has 13 heavy (non-hydrogen) atoms. The summed E-state index contributed by atoms with van der Waals surface area (Å²) in [6, 6.07) is 0. The zero-order chi connectivity index (χ0) is 10.2.